The molecule has 7 nitrogen and oxygen atoms in total. The fraction of sp³-hybridized carbons (Fsp3) is 0.360. The lowest BCUT2D eigenvalue weighted by Gasteiger charge is -2.14. The van der Waals surface area contributed by atoms with Crippen molar-refractivity contribution in [2.24, 2.45) is 5.92 Å². The lowest BCUT2D eigenvalue weighted by molar-refractivity contribution is -0.139. The summed E-state index contributed by atoms with van der Waals surface area (Å²) in [5, 5.41) is 14.0. The maximum absolute atomic E-state index is 11.1. The van der Waals surface area contributed by atoms with Gasteiger partial charge in [0, 0.05) is 17.7 Å². The van der Waals surface area contributed by atoms with Gasteiger partial charge in [0.2, 0.25) is 0 Å². The molecule has 3 aromatic rings. The highest BCUT2D eigenvalue weighted by molar-refractivity contribution is 5.78. The minimum Gasteiger partial charge on any atom is -0.493 e. The van der Waals surface area contributed by atoms with Gasteiger partial charge < -0.3 is 19.3 Å². The largest absolute Gasteiger partial charge is 0.493 e. The number of rotatable bonds is 10. The number of carboxylic acids is 1. The Morgan fingerprint density at radius 2 is 1.84 bits per heavy atom. The molecular weight excluding hydrogens is 408 g/mol. The Bertz CT molecular complexity index is 1090. The van der Waals surface area contributed by atoms with Crippen molar-refractivity contribution in [1.82, 2.24) is 9.78 Å². The number of aryl methyl sites for hydroxylation is 1. The third kappa shape index (κ3) is 5.04. The van der Waals surface area contributed by atoms with E-state index in [2.05, 4.69) is 20.8 Å². The van der Waals surface area contributed by atoms with Crippen LogP contribution >= 0.6 is 0 Å². The molecule has 2 aromatic carbocycles. The number of nitrogens with zero attached hydrogens (tertiary/aromatic N) is 2. The van der Waals surface area contributed by atoms with Crippen molar-refractivity contribution < 1.29 is 24.1 Å². The molecule has 0 aliphatic rings. The summed E-state index contributed by atoms with van der Waals surface area (Å²) >= 11 is 0. The molecule has 1 aromatic heterocycles. The van der Waals surface area contributed by atoms with E-state index >= 15 is 0 Å². The molecule has 0 radical (unpaired) electrons. The third-order valence-corrected chi connectivity index (χ3v) is 5.08. The second kappa shape index (κ2) is 10.2. The molecule has 0 amide bonds. The van der Waals surface area contributed by atoms with Gasteiger partial charge in [0.25, 0.3) is 0 Å². The molecule has 0 saturated carbocycles. The lowest BCUT2D eigenvalue weighted by Crippen LogP contribution is -2.10. The first-order valence-electron chi connectivity index (χ1n) is 10.6. The van der Waals surface area contributed by atoms with E-state index in [0.717, 1.165) is 28.8 Å². The quantitative estimate of drug-likeness (QED) is 0.484. The van der Waals surface area contributed by atoms with Gasteiger partial charge in [-0.2, -0.15) is 5.10 Å². The minimum atomic E-state index is -1.03. The summed E-state index contributed by atoms with van der Waals surface area (Å²) in [6.45, 7) is 6.62. The van der Waals surface area contributed by atoms with Gasteiger partial charge in [-0.15, -0.1) is 0 Å². The molecule has 170 valence electrons. The maximum Gasteiger partial charge on any atom is 0.341 e. The molecule has 0 fully saturated rings. The molecule has 0 unspecified atom stereocenters. The fourth-order valence-electron chi connectivity index (χ4n) is 3.60. The summed E-state index contributed by atoms with van der Waals surface area (Å²) in [6, 6.07) is 13.5. The van der Waals surface area contributed by atoms with E-state index in [0.29, 0.717) is 35.4 Å². The monoisotopic (exact) mass is 438 g/mol. The van der Waals surface area contributed by atoms with Gasteiger partial charge in [0.1, 0.15) is 5.75 Å². The highest BCUT2D eigenvalue weighted by Gasteiger charge is 2.20. The molecule has 0 spiro atoms. The Balaban J connectivity index is 2.19. The Kier molecular flexibility index (Phi) is 7.41. The van der Waals surface area contributed by atoms with Gasteiger partial charge in [0.15, 0.2) is 18.1 Å². The molecule has 1 heterocycles. The van der Waals surface area contributed by atoms with Crippen LogP contribution in [0.3, 0.4) is 0 Å². The molecule has 1 N–H and O–H groups in total. The number of methoxy groups -OCH3 is 2. The van der Waals surface area contributed by atoms with Crippen molar-refractivity contribution in [1.29, 1.82) is 0 Å². The number of aliphatic carboxylic acids is 1. The highest BCUT2D eigenvalue weighted by Crippen LogP contribution is 2.40. The van der Waals surface area contributed by atoms with Crippen LogP contribution in [0.4, 0.5) is 0 Å². The van der Waals surface area contributed by atoms with Crippen LogP contribution in [0.5, 0.6) is 17.2 Å². The van der Waals surface area contributed by atoms with Crippen LogP contribution < -0.4 is 14.2 Å². The summed E-state index contributed by atoms with van der Waals surface area (Å²) in [6.07, 6.45) is 0.843. The first-order valence-corrected chi connectivity index (χ1v) is 10.6. The van der Waals surface area contributed by atoms with Crippen LogP contribution in [-0.4, -0.2) is 41.7 Å². The van der Waals surface area contributed by atoms with Gasteiger partial charge in [-0.25, -0.2) is 4.79 Å². The second-order valence-electron chi connectivity index (χ2n) is 7.90. The summed E-state index contributed by atoms with van der Waals surface area (Å²) in [5.41, 5.74) is 4.33. The smallest absolute Gasteiger partial charge is 0.341 e. The fourth-order valence-corrected chi connectivity index (χ4v) is 3.60. The average Bonchev–Trinajstić information content (AvgIpc) is 3.19. The standard InChI is InChI=1S/C25H30N2O5/c1-6-17-10-11-22(32-15-24(28)29)19(12-17)20-13-21(27(26-20)14-16(2)3)18-8-7-9-23(30-4)25(18)31-5/h7-13,16H,6,14-15H2,1-5H3,(H,28,29). The van der Waals surface area contributed by atoms with Crippen molar-refractivity contribution in [3.8, 4) is 39.8 Å². The molecule has 0 atom stereocenters. The molecule has 7 heteroatoms. The van der Waals surface area contributed by atoms with Crippen molar-refractivity contribution >= 4 is 5.97 Å². The van der Waals surface area contributed by atoms with Crippen molar-refractivity contribution in [3.05, 3.63) is 48.0 Å². The van der Waals surface area contributed by atoms with Gasteiger partial charge in [-0.05, 0) is 48.2 Å². The zero-order chi connectivity index (χ0) is 23.3. The predicted octanol–water partition coefficient (Wildman–Crippen LogP) is 4.92. The van der Waals surface area contributed by atoms with Gasteiger partial charge in [-0.3, -0.25) is 4.68 Å². The third-order valence-electron chi connectivity index (χ3n) is 5.08. The van der Waals surface area contributed by atoms with Crippen molar-refractivity contribution in [2.75, 3.05) is 20.8 Å². The van der Waals surface area contributed by atoms with E-state index in [1.54, 1.807) is 14.2 Å². The highest BCUT2D eigenvalue weighted by atomic mass is 16.5. The van der Waals surface area contributed by atoms with E-state index in [-0.39, 0.29) is 0 Å². The summed E-state index contributed by atoms with van der Waals surface area (Å²) in [7, 11) is 3.23. The van der Waals surface area contributed by atoms with Crippen LogP contribution in [0.2, 0.25) is 0 Å². The first kappa shape index (κ1) is 23.2. The zero-order valence-corrected chi connectivity index (χ0v) is 19.2. The summed E-state index contributed by atoms with van der Waals surface area (Å²) < 4.78 is 18.7. The van der Waals surface area contributed by atoms with Gasteiger partial charge in [-0.1, -0.05) is 32.9 Å². The lowest BCUT2D eigenvalue weighted by atomic mass is 10.0. The van der Waals surface area contributed by atoms with E-state index in [9.17, 15) is 4.79 Å². The number of aromatic nitrogens is 2. The summed E-state index contributed by atoms with van der Waals surface area (Å²) in [5.74, 6) is 1.10. The van der Waals surface area contributed by atoms with Gasteiger partial charge >= 0.3 is 5.97 Å². The molecule has 3 rings (SSSR count). The topological polar surface area (TPSA) is 82.8 Å². The number of benzene rings is 2. The summed E-state index contributed by atoms with van der Waals surface area (Å²) in [4.78, 5) is 11.1. The Labute approximate surface area is 188 Å². The Morgan fingerprint density at radius 3 is 2.47 bits per heavy atom. The average molecular weight is 439 g/mol. The Morgan fingerprint density at radius 1 is 1.06 bits per heavy atom. The number of hydrogen-bond acceptors (Lipinski definition) is 5. The van der Waals surface area contributed by atoms with E-state index in [4.69, 9.17) is 24.4 Å². The van der Waals surface area contributed by atoms with E-state index in [1.807, 2.05) is 47.1 Å². The SMILES string of the molecule is CCc1ccc(OCC(=O)O)c(-c2cc(-c3cccc(OC)c3OC)n(CC(C)C)n2)c1. The minimum absolute atomic E-state index is 0.364. The number of ether oxygens (including phenoxy) is 3. The molecule has 0 bridgehead atoms. The maximum atomic E-state index is 11.1. The van der Waals surface area contributed by atoms with E-state index in [1.165, 1.54) is 0 Å². The number of carboxylic acid groups (broad SMARTS) is 1. The number of hydrogen-bond donors (Lipinski definition) is 1. The Hall–Kier alpha value is -3.48. The normalized spacial score (nSPS) is 10.9. The van der Waals surface area contributed by atoms with Crippen LogP contribution in [0.15, 0.2) is 42.5 Å². The van der Waals surface area contributed by atoms with Gasteiger partial charge in [0.05, 0.1) is 25.6 Å². The molecule has 0 aliphatic carbocycles. The molecule has 32 heavy (non-hydrogen) atoms. The van der Waals surface area contributed by atoms with E-state index < -0.39 is 12.6 Å². The number of carbonyl (C=O) groups is 1. The number of para-hydroxylation sites is 1. The van der Waals surface area contributed by atoms with Crippen LogP contribution in [0, 0.1) is 5.92 Å². The first-order chi connectivity index (χ1) is 15.4. The van der Waals surface area contributed by atoms with Crippen LogP contribution in [0.1, 0.15) is 26.3 Å². The van der Waals surface area contributed by atoms with Crippen molar-refractivity contribution in [3.63, 3.8) is 0 Å². The zero-order valence-electron chi connectivity index (χ0n) is 19.2. The van der Waals surface area contributed by atoms with Crippen LogP contribution in [0.25, 0.3) is 22.5 Å². The predicted molar refractivity (Wildman–Crippen MR) is 124 cm³/mol. The molecule has 0 saturated heterocycles. The molecular formula is C25H30N2O5. The van der Waals surface area contributed by atoms with Crippen LogP contribution in [-0.2, 0) is 17.8 Å². The second-order valence-corrected chi connectivity index (χ2v) is 7.90. The molecule has 0 aliphatic heterocycles. The van der Waals surface area contributed by atoms with Crippen molar-refractivity contribution in [2.45, 2.75) is 33.7 Å².